The second kappa shape index (κ2) is 4.64. The van der Waals surface area contributed by atoms with Crippen molar-refractivity contribution in [1.29, 1.82) is 0 Å². The lowest BCUT2D eigenvalue weighted by molar-refractivity contribution is -0.389. The van der Waals surface area contributed by atoms with Crippen LogP contribution in [-0.2, 0) is 11.3 Å². The van der Waals surface area contributed by atoms with Crippen molar-refractivity contribution >= 4 is 11.9 Å². The van der Waals surface area contributed by atoms with Crippen LogP contribution in [0.5, 0.6) is 6.01 Å². The normalized spacial score (nSPS) is 17.1. The van der Waals surface area contributed by atoms with Gasteiger partial charge in [-0.15, -0.1) is 0 Å². The molecule has 2 aromatic heterocycles. The molecule has 20 heavy (non-hydrogen) atoms. The first-order chi connectivity index (χ1) is 9.63. The molecule has 0 amide bonds. The van der Waals surface area contributed by atoms with Crippen LogP contribution in [0.3, 0.4) is 0 Å². The average Bonchev–Trinajstić information content (AvgIpc) is 3.07. The van der Waals surface area contributed by atoms with Crippen molar-refractivity contribution < 1.29 is 19.2 Å². The molecule has 0 aromatic carbocycles. The predicted octanol–water partition coefficient (Wildman–Crippen LogP) is 0.434. The zero-order valence-corrected chi connectivity index (χ0v) is 10.1. The van der Waals surface area contributed by atoms with Crippen LogP contribution in [0, 0.1) is 10.1 Å². The number of carbonyl (C=O) groups excluding carboxylic acids is 1. The van der Waals surface area contributed by atoms with Crippen LogP contribution in [0.1, 0.15) is 0 Å². The summed E-state index contributed by atoms with van der Waals surface area (Å²) < 4.78 is 13.1. The lowest BCUT2D eigenvalue weighted by Gasteiger charge is -2.21. The summed E-state index contributed by atoms with van der Waals surface area (Å²) in [6.07, 6.45) is 4.34. The molecule has 0 saturated heterocycles. The molecule has 0 N–H and O–H groups in total. The zero-order valence-electron chi connectivity index (χ0n) is 10.1. The van der Waals surface area contributed by atoms with E-state index in [2.05, 4.69) is 9.97 Å². The topological polar surface area (TPSA) is 114 Å². The molecule has 0 fully saturated rings. The van der Waals surface area contributed by atoms with Crippen molar-refractivity contribution in [3.8, 4) is 6.01 Å². The Morgan fingerprint density at radius 2 is 2.45 bits per heavy atom. The van der Waals surface area contributed by atoms with Gasteiger partial charge in [0.05, 0.1) is 6.54 Å². The fraction of sp³-hybridized carbons (Fsp3) is 0.300. The number of imidazole rings is 2. The fourth-order valence-electron chi connectivity index (χ4n) is 1.80. The van der Waals surface area contributed by atoms with Crippen molar-refractivity contribution in [1.82, 2.24) is 19.1 Å². The lowest BCUT2D eigenvalue weighted by atomic mass is 10.3. The highest BCUT2D eigenvalue weighted by molar-refractivity contribution is 5.70. The molecule has 10 nitrogen and oxygen atoms in total. The van der Waals surface area contributed by atoms with E-state index < -0.39 is 17.1 Å². The molecule has 0 saturated carbocycles. The number of rotatable bonds is 2. The Kier molecular flexibility index (Phi) is 2.82. The highest BCUT2D eigenvalue weighted by Crippen LogP contribution is 2.22. The number of carbonyl (C=O) groups is 1. The molecule has 0 unspecified atom stereocenters. The van der Waals surface area contributed by atoms with E-state index in [0.717, 1.165) is 0 Å². The number of nitrogens with zero attached hydrogens (tertiary/aromatic N) is 5. The Morgan fingerprint density at radius 1 is 1.60 bits per heavy atom. The highest BCUT2D eigenvalue weighted by atomic mass is 16.6. The Bertz CT molecular complexity index is 649. The van der Waals surface area contributed by atoms with Crippen LogP contribution in [0.25, 0.3) is 0 Å². The standard InChI is InChI=1S/C10H9N5O5/c16-10(13-2-1-11-6-13)20-7-3-14-4-8(15(17)18)12-9(14)19-5-7/h1-2,4,6-7H,3,5H2/t7-/m0/s1. The van der Waals surface area contributed by atoms with E-state index in [9.17, 15) is 14.9 Å². The first kappa shape index (κ1) is 12.1. The first-order valence-corrected chi connectivity index (χ1v) is 5.67. The summed E-state index contributed by atoms with van der Waals surface area (Å²) >= 11 is 0. The number of nitro groups is 1. The molecule has 0 bridgehead atoms. The maximum Gasteiger partial charge on any atom is 0.419 e. The molecule has 3 rings (SSSR count). The minimum Gasteiger partial charge on any atom is -0.442 e. The third-order valence-corrected chi connectivity index (χ3v) is 2.70. The Morgan fingerprint density at radius 3 is 3.15 bits per heavy atom. The fourth-order valence-corrected chi connectivity index (χ4v) is 1.80. The summed E-state index contributed by atoms with van der Waals surface area (Å²) in [5.74, 6) is -0.304. The molecule has 0 radical (unpaired) electrons. The Balaban J connectivity index is 1.69. The summed E-state index contributed by atoms with van der Waals surface area (Å²) in [5.41, 5.74) is 0. The summed E-state index contributed by atoms with van der Waals surface area (Å²) in [7, 11) is 0. The monoisotopic (exact) mass is 279 g/mol. The molecule has 0 spiro atoms. The Labute approximate surface area is 111 Å². The van der Waals surface area contributed by atoms with Crippen molar-refractivity contribution in [3.05, 3.63) is 35.0 Å². The smallest absolute Gasteiger partial charge is 0.419 e. The number of aromatic nitrogens is 4. The van der Waals surface area contributed by atoms with Crippen LogP contribution < -0.4 is 4.74 Å². The molecule has 1 atom stereocenters. The van der Waals surface area contributed by atoms with E-state index in [-0.39, 0.29) is 25.0 Å². The van der Waals surface area contributed by atoms with Gasteiger partial charge >= 0.3 is 17.9 Å². The molecule has 1 aliphatic heterocycles. The second-order valence-electron chi connectivity index (χ2n) is 4.08. The molecule has 10 heteroatoms. The van der Waals surface area contributed by atoms with Crippen LogP contribution in [0.4, 0.5) is 10.6 Å². The first-order valence-electron chi connectivity index (χ1n) is 5.67. The Hall–Kier alpha value is -2.91. The number of hydrogen-bond donors (Lipinski definition) is 0. The van der Waals surface area contributed by atoms with Gasteiger partial charge in [-0.2, -0.15) is 0 Å². The molecule has 3 heterocycles. The minimum atomic E-state index is -0.610. The summed E-state index contributed by atoms with van der Waals surface area (Å²) in [5, 5.41) is 10.6. The third kappa shape index (κ3) is 2.18. The van der Waals surface area contributed by atoms with Gasteiger partial charge in [-0.05, 0) is 4.92 Å². The second-order valence-corrected chi connectivity index (χ2v) is 4.08. The maximum atomic E-state index is 11.7. The van der Waals surface area contributed by atoms with Gasteiger partial charge in [0, 0.05) is 17.4 Å². The van der Waals surface area contributed by atoms with Crippen LogP contribution in [0.2, 0.25) is 0 Å². The van der Waals surface area contributed by atoms with Gasteiger partial charge in [-0.1, -0.05) is 0 Å². The van der Waals surface area contributed by atoms with E-state index in [1.54, 1.807) is 0 Å². The summed E-state index contributed by atoms with van der Waals surface area (Å²) in [6, 6.07) is 0.145. The van der Waals surface area contributed by atoms with Gasteiger partial charge in [0.25, 0.3) is 0 Å². The van der Waals surface area contributed by atoms with E-state index in [4.69, 9.17) is 9.47 Å². The summed E-state index contributed by atoms with van der Waals surface area (Å²) in [4.78, 5) is 29.1. The van der Waals surface area contributed by atoms with Crippen molar-refractivity contribution in [3.63, 3.8) is 0 Å². The molecule has 1 aliphatic rings. The highest BCUT2D eigenvalue weighted by Gasteiger charge is 2.29. The SMILES string of the molecule is O=C(O[C@@H]1COc2nc([N+](=O)[O-])cn2C1)n1ccnc1. The molecule has 2 aromatic rings. The van der Waals surface area contributed by atoms with Crippen LogP contribution in [0.15, 0.2) is 24.9 Å². The molecular formula is C10H9N5O5. The minimum absolute atomic E-state index is 0.0919. The number of hydrogen-bond acceptors (Lipinski definition) is 7. The quantitative estimate of drug-likeness (QED) is 0.578. The predicted molar refractivity (Wildman–Crippen MR) is 62.3 cm³/mol. The third-order valence-electron chi connectivity index (χ3n) is 2.70. The van der Waals surface area contributed by atoms with Gasteiger partial charge in [-0.25, -0.2) is 14.3 Å². The van der Waals surface area contributed by atoms with E-state index in [1.165, 1.54) is 34.1 Å². The van der Waals surface area contributed by atoms with Crippen molar-refractivity contribution in [2.75, 3.05) is 6.61 Å². The van der Waals surface area contributed by atoms with Gasteiger partial charge in [0.1, 0.15) is 19.1 Å². The molecular weight excluding hydrogens is 270 g/mol. The lowest BCUT2D eigenvalue weighted by Crippen LogP contribution is -2.35. The molecule has 0 aliphatic carbocycles. The van der Waals surface area contributed by atoms with E-state index >= 15 is 0 Å². The van der Waals surface area contributed by atoms with Crippen molar-refractivity contribution in [2.45, 2.75) is 12.6 Å². The van der Waals surface area contributed by atoms with Gasteiger partial charge in [0.15, 0.2) is 6.10 Å². The van der Waals surface area contributed by atoms with E-state index in [1.807, 2.05) is 0 Å². The van der Waals surface area contributed by atoms with Gasteiger partial charge in [0.2, 0.25) is 0 Å². The van der Waals surface area contributed by atoms with Gasteiger partial charge in [-0.3, -0.25) is 4.57 Å². The van der Waals surface area contributed by atoms with Crippen LogP contribution >= 0.6 is 0 Å². The number of fused-ring (bicyclic) bond motifs is 1. The van der Waals surface area contributed by atoms with Crippen molar-refractivity contribution in [2.24, 2.45) is 0 Å². The zero-order chi connectivity index (χ0) is 14.1. The average molecular weight is 279 g/mol. The van der Waals surface area contributed by atoms with Crippen LogP contribution in [-0.4, -0.2) is 42.8 Å². The van der Waals surface area contributed by atoms with E-state index in [0.29, 0.717) is 0 Å². The summed E-state index contributed by atoms with van der Waals surface area (Å²) in [6.45, 7) is 0.339. The largest absolute Gasteiger partial charge is 0.442 e. The molecule has 104 valence electrons. The number of ether oxygens (including phenoxy) is 2. The van der Waals surface area contributed by atoms with Gasteiger partial charge < -0.3 is 19.6 Å². The maximum absolute atomic E-state index is 11.7.